The minimum Gasteiger partial charge on any atom is -0.326 e. The lowest BCUT2D eigenvalue weighted by Crippen LogP contribution is -2.30. The molecule has 1 aromatic rings. The Morgan fingerprint density at radius 1 is 1.52 bits per heavy atom. The first kappa shape index (κ1) is 15.5. The highest BCUT2D eigenvalue weighted by atomic mass is 19.1. The zero-order valence-electron chi connectivity index (χ0n) is 12.5. The molecule has 1 saturated carbocycles. The summed E-state index contributed by atoms with van der Waals surface area (Å²) in [4.78, 5) is 12.4. The maximum Gasteiger partial charge on any atom is 0.228 e. The van der Waals surface area contributed by atoms with Crippen LogP contribution in [0.3, 0.4) is 0 Å². The van der Waals surface area contributed by atoms with Gasteiger partial charge in [-0.3, -0.25) is 4.79 Å². The van der Waals surface area contributed by atoms with Gasteiger partial charge in [0.2, 0.25) is 5.91 Å². The Morgan fingerprint density at radius 2 is 2.29 bits per heavy atom. The summed E-state index contributed by atoms with van der Waals surface area (Å²) >= 11 is 0. The predicted octanol–water partition coefficient (Wildman–Crippen LogP) is 2.90. The van der Waals surface area contributed by atoms with Gasteiger partial charge >= 0.3 is 0 Å². The van der Waals surface area contributed by atoms with Gasteiger partial charge in [-0.05, 0) is 36.5 Å². The number of halogens is 1. The Labute approximate surface area is 125 Å². The maximum absolute atomic E-state index is 13.6. The van der Waals surface area contributed by atoms with Crippen molar-refractivity contribution in [3.8, 4) is 11.8 Å². The second-order valence-corrected chi connectivity index (χ2v) is 6.12. The third-order valence-electron chi connectivity index (χ3n) is 4.13. The number of nitrogens with two attached hydrogens (primary N) is 1. The molecule has 21 heavy (non-hydrogen) atoms. The van der Waals surface area contributed by atoms with Gasteiger partial charge < -0.3 is 11.1 Å². The molecule has 0 spiro atoms. The second-order valence-electron chi connectivity index (χ2n) is 6.12. The number of hydrogen-bond acceptors (Lipinski definition) is 2. The van der Waals surface area contributed by atoms with Crippen LogP contribution < -0.4 is 11.1 Å². The van der Waals surface area contributed by atoms with E-state index >= 15 is 0 Å². The highest BCUT2D eigenvalue weighted by Crippen LogP contribution is 2.43. The van der Waals surface area contributed by atoms with Crippen LogP contribution in [0.5, 0.6) is 0 Å². The van der Waals surface area contributed by atoms with Crippen molar-refractivity contribution in [1.29, 1.82) is 0 Å². The van der Waals surface area contributed by atoms with Crippen molar-refractivity contribution in [3.63, 3.8) is 0 Å². The number of carbonyl (C=O) groups is 1. The summed E-state index contributed by atoms with van der Waals surface area (Å²) in [6, 6.07) is 4.43. The van der Waals surface area contributed by atoms with Gasteiger partial charge in [-0.15, -0.1) is 0 Å². The van der Waals surface area contributed by atoms with Crippen molar-refractivity contribution in [2.24, 2.45) is 17.1 Å². The van der Waals surface area contributed by atoms with Gasteiger partial charge in [0.15, 0.2) is 0 Å². The Hall–Kier alpha value is -1.86. The Bertz CT molecular complexity index is 599. The molecular weight excluding hydrogens is 267 g/mol. The number of carbonyl (C=O) groups excluding carboxylic acids is 1. The third-order valence-corrected chi connectivity index (χ3v) is 4.13. The first-order valence-corrected chi connectivity index (χ1v) is 7.23. The zero-order chi connectivity index (χ0) is 15.5. The van der Waals surface area contributed by atoms with E-state index in [0.29, 0.717) is 5.69 Å². The molecule has 0 bridgehead atoms. The average Bonchev–Trinajstić information content (AvgIpc) is 2.79. The summed E-state index contributed by atoms with van der Waals surface area (Å²) < 4.78 is 13.6. The van der Waals surface area contributed by atoms with E-state index in [0.717, 1.165) is 19.3 Å². The highest BCUT2D eigenvalue weighted by molar-refractivity contribution is 5.93. The molecule has 4 heteroatoms. The standard InChI is InChI=1S/C17H21FN2O/c1-17(2)9-3-6-14(17)16(21)20-13-7-8-15(18)12(11-13)5-4-10-19/h7-8,11,14H,3,6,9-10,19H2,1-2H3,(H,20,21). The summed E-state index contributed by atoms with van der Waals surface area (Å²) in [6.45, 7) is 4.41. The Balaban J connectivity index is 2.14. The van der Waals surface area contributed by atoms with Crippen LogP contribution in [0.4, 0.5) is 10.1 Å². The Kier molecular flexibility index (Phi) is 4.64. The van der Waals surface area contributed by atoms with E-state index in [4.69, 9.17) is 5.73 Å². The molecule has 1 aliphatic carbocycles. The fourth-order valence-electron chi connectivity index (χ4n) is 2.89. The van der Waals surface area contributed by atoms with Crippen LogP contribution in [0.2, 0.25) is 0 Å². The SMILES string of the molecule is CC1(C)CCCC1C(=O)Nc1ccc(F)c(C#CCN)c1. The van der Waals surface area contributed by atoms with Crippen LogP contribution in [0.1, 0.15) is 38.7 Å². The van der Waals surface area contributed by atoms with E-state index in [1.165, 1.54) is 6.07 Å². The summed E-state index contributed by atoms with van der Waals surface area (Å²) in [5, 5.41) is 2.88. The largest absolute Gasteiger partial charge is 0.326 e. The predicted molar refractivity (Wildman–Crippen MR) is 82.1 cm³/mol. The molecular formula is C17H21FN2O. The molecule has 0 heterocycles. The summed E-state index contributed by atoms with van der Waals surface area (Å²) in [5.74, 6) is 4.89. The first-order chi connectivity index (χ1) is 9.94. The van der Waals surface area contributed by atoms with E-state index < -0.39 is 5.82 Å². The number of nitrogens with one attached hydrogen (secondary N) is 1. The lowest BCUT2D eigenvalue weighted by Gasteiger charge is -2.25. The van der Waals surface area contributed by atoms with Gasteiger partial charge in [-0.1, -0.05) is 32.1 Å². The van der Waals surface area contributed by atoms with Crippen molar-refractivity contribution < 1.29 is 9.18 Å². The van der Waals surface area contributed by atoms with Crippen molar-refractivity contribution in [2.45, 2.75) is 33.1 Å². The molecule has 2 rings (SSSR count). The van der Waals surface area contributed by atoms with E-state index in [1.807, 2.05) is 0 Å². The molecule has 0 aromatic heterocycles. The highest BCUT2D eigenvalue weighted by Gasteiger charge is 2.39. The summed E-state index contributed by atoms with van der Waals surface area (Å²) in [6.07, 6.45) is 3.03. The van der Waals surface area contributed by atoms with Gasteiger partial charge in [-0.25, -0.2) is 4.39 Å². The lowest BCUT2D eigenvalue weighted by atomic mass is 9.81. The summed E-state index contributed by atoms with van der Waals surface area (Å²) in [5.41, 5.74) is 6.14. The molecule has 3 nitrogen and oxygen atoms in total. The fraction of sp³-hybridized carbons (Fsp3) is 0.471. The fourth-order valence-corrected chi connectivity index (χ4v) is 2.89. The smallest absolute Gasteiger partial charge is 0.228 e. The molecule has 112 valence electrons. The molecule has 1 aliphatic rings. The van der Waals surface area contributed by atoms with E-state index in [1.54, 1.807) is 12.1 Å². The van der Waals surface area contributed by atoms with Crippen molar-refractivity contribution in [1.82, 2.24) is 0 Å². The van der Waals surface area contributed by atoms with Gasteiger partial charge in [0.25, 0.3) is 0 Å². The van der Waals surface area contributed by atoms with Crippen LogP contribution in [0.25, 0.3) is 0 Å². The number of anilines is 1. The van der Waals surface area contributed by atoms with Crippen LogP contribution in [0.15, 0.2) is 18.2 Å². The quantitative estimate of drug-likeness (QED) is 0.822. The first-order valence-electron chi connectivity index (χ1n) is 7.23. The van der Waals surface area contributed by atoms with E-state index in [9.17, 15) is 9.18 Å². The molecule has 3 N–H and O–H groups in total. The van der Waals surface area contributed by atoms with Gasteiger partial charge in [0.05, 0.1) is 12.1 Å². The molecule has 0 radical (unpaired) electrons. The topological polar surface area (TPSA) is 55.1 Å². The molecule has 1 unspecified atom stereocenters. The number of amides is 1. The van der Waals surface area contributed by atoms with Crippen LogP contribution in [0, 0.1) is 29.0 Å². The van der Waals surface area contributed by atoms with Crippen molar-refractivity contribution >= 4 is 11.6 Å². The molecule has 1 amide bonds. The second kappa shape index (κ2) is 6.28. The number of benzene rings is 1. The molecule has 1 aromatic carbocycles. The van der Waals surface area contributed by atoms with E-state index in [2.05, 4.69) is 31.0 Å². The van der Waals surface area contributed by atoms with Crippen LogP contribution in [-0.2, 0) is 4.79 Å². The van der Waals surface area contributed by atoms with Crippen molar-refractivity contribution in [3.05, 3.63) is 29.6 Å². The lowest BCUT2D eigenvalue weighted by molar-refractivity contribution is -0.122. The molecule has 1 fully saturated rings. The summed E-state index contributed by atoms with van der Waals surface area (Å²) in [7, 11) is 0. The maximum atomic E-state index is 13.6. The van der Waals surface area contributed by atoms with Crippen LogP contribution in [-0.4, -0.2) is 12.5 Å². The number of hydrogen-bond donors (Lipinski definition) is 2. The zero-order valence-corrected chi connectivity index (χ0v) is 12.5. The van der Waals surface area contributed by atoms with Crippen molar-refractivity contribution in [2.75, 3.05) is 11.9 Å². The number of rotatable bonds is 2. The third kappa shape index (κ3) is 3.62. The molecule has 0 aliphatic heterocycles. The normalized spacial score (nSPS) is 19.7. The molecule has 0 saturated heterocycles. The molecule has 1 atom stereocenters. The van der Waals surface area contributed by atoms with Gasteiger partial charge in [-0.2, -0.15) is 0 Å². The average molecular weight is 288 g/mol. The minimum atomic E-state index is -0.407. The minimum absolute atomic E-state index is 0.00105. The Morgan fingerprint density at radius 3 is 2.90 bits per heavy atom. The monoisotopic (exact) mass is 288 g/mol. The van der Waals surface area contributed by atoms with E-state index in [-0.39, 0.29) is 29.3 Å². The van der Waals surface area contributed by atoms with Gasteiger partial charge in [0, 0.05) is 11.6 Å². The van der Waals surface area contributed by atoms with Crippen LogP contribution >= 0.6 is 0 Å². The van der Waals surface area contributed by atoms with Gasteiger partial charge in [0.1, 0.15) is 5.82 Å².